The van der Waals surface area contributed by atoms with Gasteiger partial charge in [0.2, 0.25) is 5.91 Å². The van der Waals surface area contributed by atoms with Crippen molar-refractivity contribution in [2.45, 2.75) is 38.6 Å². The van der Waals surface area contributed by atoms with Gasteiger partial charge in [0, 0.05) is 19.6 Å². The number of amides is 1. The van der Waals surface area contributed by atoms with Gasteiger partial charge in [0.1, 0.15) is 0 Å². The summed E-state index contributed by atoms with van der Waals surface area (Å²) in [5, 5.41) is 0. The zero-order valence-electron chi connectivity index (χ0n) is 16.8. The molecule has 1 amide bonds. The molecule has 1 aliphatic heterocycles. The van der Waals surface area contributed by atoms with E-state index in [1.54, 1.807) is 0 Å². The fraction of sp³-hybridized carbons (Fsp3) is 0.458. The van der Waals surface area contributed by atoms with E-state index < -0.39 is 0 Å². The van der Waals surface area contributed by atoms with Crippen molar-refractivity contribution in [2.75, 3.05) is 26.7 Å². The quantitative estimate of drug-likeness (QED) is 0.727. The van der Waals surface area contributed by atoms with E-state index in [1.165, 1.54) is 12.8 Å². The molecule has 1 atom stereocenters. The van der Waals surface area contributed by atoms with Gasteiger partial charge >= 0.3 is 0 Å². The van der Waals surface area contributed by atoms with Crippen LogP contribution in [0.3, 0.4) is 0 Å². The average molecular weight is 365 g/mol. The number of nitrogens with zero attached hydrogens (tertiary/aromatic N) is 2. The van der Waals surface area contributed by atoms with Crippen molar-refractivity contribution >= 4 is 5.91 Å². The highest BCUT2D eigenvalue weighted by molar-refractivity contribution is 5.87. The number of hydrogen-bond acceptors (Lipinski definition) is 2. The maximum absolute atomic E-state index is 13.5. The zero-order chi connectivity index (χ0) is 19.2. The molecule has 2 aromatic carbocycles. The molecule has 0 radical (unpaired) electrons. The van der Waals surface area contributed by atoms with E-state index in [0.29, 0.717) is 12.0 Å². The number of likely N-dealkylation sites (N-methyl/N-ethyl adjacent to an activating group) is 1. The molecule has 3 heteroatoms. The van der Waals surface area contributed by atoms with Crippen LogP contribution in [0.5, 0.6) is 0 Å². The summed E-state index contributed by atoms with van der Waals surface area (Å²) < 4.78 is 0. The van der Waals surface area contributed by atoms with Crippen LogP contribution in [0.25, 0.3) is 0 Å². The highest BCUT2D eigenvalue weighted by atomic mass is 16.2. The molecule has 0 aromatic heterocycles. The first-order chi connectivity index (χ1) is 13.1. The Morgan fingerprint density at radius 1 is 0.926 bits per heavy atom. The lowest BCUT2D eigenvalue weighted by atomic mass is 9.89. The SMILES string of the molecule is CC(C)C(CN(C)C(=O)C(c1ccccc1)c1ccccc1)N1CCCC1. The molecular weight excluding hydrogens is 332 g/mol. The summed E-state index contributed by atoms with van der Waals surface area (Å²) in [6.07, 6.45) is 2.55. The van der Waals surface area contributed by atoms with Crippen LogP contribution in [0.15, 0.2) is 60.7 Å². The maximum Gasteiger partial charge on any atom is 0.234 e. The molecule has 2 aromatic rings. The Kier molecular flexibility index (Phi) is 6.68. The Morgan fingerprint density at radius 3 is 1.85 bits per heavy atom. The monoisotopic (exact) mass is 364 g/mol. The third-order valence-electron chi connectivity index (χ3n) is 5.73. The minimum atomic E-state index is -0.246. The summed E-state index contributed by atoms with van der Waals surface area (Å²) >= 11 is 0. The lowest BCUT2D eigenvalue weighted by molar-refractivity contribution is -0.131. The van der Waals surface area contributed by atoms with Crippen molar-refractivity contribution < 1.29 is 4.79 Å². The lowest BCUT2D eigenvalue weighted by Crippen LogP contribution is -2.47. The van der Waals surface area contributed by atoms with Crippen molar-refractivity contribution in [2.24, 2.45) is 5.92 Å². The van der Waals surface area contributed by atoms with Gasteiger partial charge < -0.3 is 4.90 Å². The Labute approximate surface area is 164 Å². The molecule has 3 rings (SSSR count). The molecule has 144 valence electrons. The first kappa shape index (κ1) is 19.6. The molecule has 0 aliphatic carbocycles. The number of benzene rings is 2. The first-order valence-corrected chi connectivity index (χ1v) is 10.2. The highest BCUT2D eigenvalue weighted by Crippen LogP contribution is 2.27. The van der Waals surface area contributed by atoms with Crippen LogP contribution in [0.1, 0.15) is 43.7 Å². The fourth-order valence-electron chi connectivity index (χ4n) is 4.18. The maximum atomic E-state index is 13.5. The summed E-state index contributed by atoms with van der Waals surface area (Å²) in [5.41, 5.74) is 2.12. The molecular formula is C24H32N2O. The predicted molar refractivity (Wildman–Crippen MR) is 112 cm³/mol. The van der Waals surface area contributed by atoms with E-state index in [9.17, 15) is 4.79 Å². The van der Waals surface area contributed by atoms with Gasteiger partial charge in [-0.2, -0.15) is 0 Å². The third-order valence-corrected chi connectivity index (χ3v) is 5.73. The van der Waals surface area contributed by atoms with Crippen molar-refractivity contribution in [1.29, 1.82) is 0 Å². The van der Waals surface area contributed by atoms with Crippen LogP contribution in [0.4, 0.5) is 0 Å². The molecule has 3 nitrogen and oxygen atoms in total. The number of rotatable bonds is 7. The second-order valence-corrected chi connectivity index (χ2v) is 8.03. The molecule has 0 saturated carbocycles. The molecule has 1 fully saturated rings. The van der Waals surface area contributed by atoms with Gasteiger partial charge in [-0.05, 0) is 43.0 Å². The first-order valence-electron chi connectivity index (χ1n) is 10.2. The molecule has 0 N–H and O–H groups in total. The van der Waals surface area contributed by atoms with Crippen LogP contribution in [-0.2, 0) is 4.79 Å². The zero-order valence-corrected chi connectivity index (χ0v) is 16.8. The summed E-state index contributed by atoms with van der Waals surface area (Å²) in [6, 6.07) is 20.7. The Morgan fingerprint density at radius 2 is 1.41 bits per heavy atom. The second-order valence-electron chi connectivity index (χ2n) is 8.03. The molecule has 27 heavy (non-hydrogen) atoms. The number of hydrogen-bond donors (Lipinski definition) is 0. The van der Waals surface area contributed by atoms with E-state index in [4.69, 9.17) is 0 Å². The average Bonchev–Trinajstić information content (AvgIpc) is 3.22. The van der Waals surface area contributed by atoms with E-state index in [-0.39, 0.29) is 11.8 Å². The largest absolute Gasteiger partial charge is 0.343 e. The van der Waals surface area contributed by atoms with Gasteiger partial charge in [0.15, 0.2) is 0 Å². The summed E-state index contributed by atoms with van der Waals surface area (Å²) in [4.78, 5) is 18.0. The topological polar surface area (TPSA) is 23.6 Å². The van der Waals surface area contributed by atoms with Gasteiger partial charge in [-0.1, -0.05) is 74.5 Å². The van der Waals surface area contributed by atoms with Crippen LogP contribution < -0.4 is 0 Å². The normalized spacial score (nSPS) is 16.0. The van der Waals surface area contributed by atoms with Gasteiger partial charge in [-0.25, -0.2) is 0 Å². The Hall–Kier alpha value is -2.13. The standard InChI is InChI=1S/C24H32N2O/c1-19(2)22(26-16-10-11-17-26)18-25(3)24(27)23(20-12-6-4-7-13-20)21-14-8-5-9-15-21/h4-9,12-15,19,22-23H,10-11,16-18H2,1-3H3. The van der Waals surface area contributed by atoms with Gasteiger partial charge in [0.05, 0.1) is 5.92 Å². The van der Waals surface area contributed by atoms with Crippen LogP contribution >= 0.6 is 0 Å². The van der Waals surface area contributed by atoms with Crippen molar-refractivity contribution in [3.63, 3.8) is 0 Å². The minimum absolute atomic E-state index is 0.178. The molecule has 1 aliphatic rings. The van der Waals surface area contributed by atoms with Gasteiger partial charge in [-0.3, -0.25) is 9.69 Å². The van der Waals surface area contributed by atoms with Crippen molar-refractivity contribution in [3.05, 3.63) is 71.8 Å². The van der Waals surface area contributed by atoms with E-state index in [1.807, 2.05) is 48.3 Å². The molecule has 0 bridgehead atoms. The second kappa shape index (κ2) is 9.18. The third kappa shape index (κ3) is 4.78. The molecule has 1 unspecified atom stereocenters. The van der Waals surface area contributed by atoms with Crippen LogP contribution in [-0.4, -0.2) is 48.4 Å². The number of carbonyl (C=O) groups excluding carboxylic acids is 1. The van der Waals surface area contributed by atoms with Crippen molar-refractivity contribution in [1.82, 2.24) is 9.80 Å². The predicted octanol–water partition coefficient (Wildman–Crippen LogP) is 4.40. The molecule has 1 heterocycles. The van der Waals surface area contributed by atoms with E-state index in [0.717, 1.165) is 30.8 Å². The van der Waals surface area contributed by atoms with E-state index >= 15 is 0 Å². The minimum Gasteiger partial charge on any atom is -0.343 e. The number of carbonyl (C=O) groups is 1. The molecule has 0 spiro atoms. The fourth-order valence-corrected chi connectivity index (χ4v) is 4.18. The van der Waals surface area contributed by atoms with Gasteiger partial charge in [-0.15, -0.1) is 0 Å². The highest BCUT2D eigenvalue weighted by Gasteiger charge is 2.30. The molecule has 1 saturated heterocycles. The Bertz CT molecular complexity index is 668. The lowest BCUT2D eigenvalue weighted by Gasteiger charge is -2.35. The Balaban J connectivity index is 1.82. The van der Waals surface area contributed by atoms with E-state index in [2.05, 4.69) is 43.0 Å². The summed E-state index contributed by atoms with van der Waals surface area (Å²) in [6.45, 7) is 7.64. The smallest absolute Gasteiger partial charge is 0.234 e. The summed E-state index contributed by atoms with van der Waals surface area (Å²) in [7, 11) is 1.96. The van der Waals surface area contributed by atoms with Crippen LogP contribution in [0, 0.1) is 5.92 Å². The van der Waals surface area contributed by atoms with Gasteiger partial charge in [0.25, 0.3) is 0 Å². The van der Waals surface area contributed by atoms with Crippen LogP contribution in [0.2, 0.25) is 0 Å². The van der Waals surface area contributed by atoms with Crippen molar-refractivity contribution in [3.8, 4) is 0 Å². The summed E-state index contributed by atoms with van der Waals surface area (Å²) in [5.74, 6) is 0.464. The number of likely N-dealkylation sites (tertiary alicyclic amines) is 1.